The van der Waals surface area contributed by atoms with Crippen molar-refractivity contribution in [3.05, 3.63) is 44.4 Å². The number of ether oxygens (including phenoxy) is 1. The maximum atomic E-state index is 12.4. The molecule has 8 heteroatoms. The molecule has 0 saturated heterocycles. The molecule has 29 heavy (non-hydrogen) atoms. The first kappa shape index (κ1) is 21.1. The lowest BCUT2D eigenvalue weighted by atomic mass is 9.90. The Balaban J connectivity index is 1.59. The zero-order valence-electron chi connectivity index (χ0n) is 17.3. The molecule has 2 heterocycles. The first-order chi connectivity index (χ1) is 13.8. The third kappa shape index (κ3) is 4.70. The second kappa shape index (κ2) is 8.82. The first-order valence-electron chi connectivity index (χ1n) is 9.84. The molecule has 2 aromatic heterocycles. The van der Waals surface area contributed by atoms with Gasteiger partial charge in [-0.25, -0.2) is 4.79 Å². The lowest BCUT2D eigenvalue weighted by Crippen LogP contribution is -2.43. The third-order valence-corrected chi connectivity index (χ3v) is 6.48. The summed E-state index contributed by atoms with van der Waals surface area (Å²) in [5.41, 5.74) is 8.08. The van der Waals surface area contributed by atoms with Gasteiger partial charge in [0.05, 0.1) is 17.0 Å². The summed E-state index contributed by atoms with van der Waals surface area (Å²) in [5, 5.41) is 0. The largest absolute Gasteiger partial charge is 0.462 e. The number of hydrogen-bond donors (Lipinski definition) is 2. The van der Waals surface area contributed by atoms with Crippen molar-refractivity contribution in [3.8, 4) is 0 Å². The molecule has 0 radical (unpaired) electrons. The molecule has 1 aliphatic rings. The van der Waals surface area contributed by atoms with E-state index in [0.29, 0.717) is 28.7 Å². The van der Waals surface area contributed by atoms with Crippen LogP contribution < -0.4 is 10.9 Å². The Labute approximate surface area is 174 Å². The van der Waals surface area contributed by atoms with E-state index in [1.807, 2.05) is 13.0 Å². The number of aryl methyl sites for hydroxylation is 2. The average Bonchev–Trinajstić information content (AvgIpc) is 3.22. The molecule has 1 aliphatic carbocycles. The van der Waals surface area contributed by atoms with Crippen LogP contribution >= 0.6 is 11.3 Å². The highest BCUT2D eigenvalue weighted by Crippen LogP contribution is 2.32. The fourth-order valence-electron chi connectivity index (χ4n) is 3.65. The van der Waals surface area contributed by atoms with Gasteiger partial charge in [0.1, 0.15) is 6.54 Å². The number of fused-ring (bicyclic) bond motifs is 1. The van der Waals surface area contributed by atoms with Crippen molar-refractivity contribution in [1.29, 1.82) is 0 Å². The maximum Gasteiger partial charge on any atom is 0.339 e. The molecule has 0 bridgehead atoms. The molecule has 0 aliphatic heterocycles. The normalized spacial score (nSPS) is 15.5. The number of aromatic nitrogens is 1. The molecule has 156 valence electrons. The SMILES string of the molecule is CCOC(=O)c1cc(C)n(CC(=O)NNC(=O)c2cc3c(s2)CC[C@H](C)C3)c1C. The molecule has 0 fully saturated rings. The standard InChI is InChI=1S/C21H27N3O4S/c1-5-28-21(27)16-9-13(3)24(14(16)4)11-19(25)22-23-20(26)18-10-15-8-12(2)6-7-17(15)29-18/h9-10,12H,5-8,11H2,1-4H3,(H,22,25)(H,23,26)/t12-/m0/s1. The molecule has 0 spiro atoms. The molecule has 0 unspecified atom stereocenters. The van der Waals surface area contributed by atoms with Gasteiger partial charge in [0.2, 0.25) is 0 Å². The molecule has 0 aromatic carbocycles. The second-order valence-corrected chi connectivity index (χ2v) is 8.64. The number of hydrogen-bond acceptors (Lipinski definition) is 5. The number of rotatable bonds is 5. The summed E-state index contributed by atoms with van der Waals surface area (Å²) < 4.78 is 6.76. The van der Waals surface area contributed by atoms with E-state index in [0.717, 1.165) is 25.0 Å². The van der Waals surface area contributed by atoms with Crippen LogP contribution in [-0.2, 0) is 28.9 Å². The van der Waals surface area contributed by atoms with E-state index in [-0.39, 0.29) is 18.4 Å². The molecule has 3 rings (SSSR count). The first-order valence-corrected chi connectivity index (χ1v) is 10.7. The van der Waals surface area contributed by atoms with Gasteiger partial charge in [-0.1, -0.05) is 6.92 Å². The van der Waals surface area contributed by atoms with Crippen molar-refractivity contribution in [1.82, 2.24) is 15.4 Å². The fourth-order valence-corrected chi connectivity index (χ4v) is 4.75. The number of thiophene rings is 1. The number of carbonyl (C=O) groups is 3. The molecule has 0 saturated carbocycles. The van der Waals surface area contributed by atoms with Crippen molar-refractivity contribution in [2.45, 2.75) is 53.5 Å². The summed E-state index contributed by atoms with van der Waals surface area (Å²) in [6, 6.07) is 3.64. The number of hydrazine groups is 1. The Kier molecular flexibility index (Phi) is 6.42. The van der Waals surface area contributed by atoms with Crippen LogP contribution in [0.2, 0.25) is 0 Å². The van der Waals surface area contributed by atoms with Gasteiger partial charge in [-0.3, -0.25) is 20.4 Å². The molecular weight excluding hydrogens is 390 g/mol. The Morgan fingerprint density at radius 2 is 2.00 bits per heavy atom. The maximum absolute atomic E-state index is 12.4. The predicted octanol–water partition coefficient (Wildman–Crippen LogP) is 2.93. The van der Waals surface area contributed by atoms with Crippen LogP contribution in [0.25, 0.3) is 0 Å². The van der Waals surface area contributed by atoms with E-state index < -0.39 is 5.97 Å². The predicted molar refractivity (Wildman–Crippen MR) is 111 cm³/mol. The average molecular weight is 418 g/mol. The lowest BCUT2D eigenvalue weighted by Gasteiger charge is -2.16. The number of esters is 1. The zero-order valence-corrected chi connectivity index (χ0v) is 18.1. The van der Waals surface area contributed by atoms with Crippen LogP contribution in [0, 0.1) is 19.8 Å². The summed E-state index contributed by atoms with van der Waals surface area (Å²) in [6.07, 6.45) is 3.16. The zero-order chi connectivity index (χ0) is 21.1. The summed E-state index contributed by atoms with van der Waals surface area (Å²) >= 11 is 1.50. The smallest absolute Gasteiger partial charge is 0.339 e. The minimum absolute atomic E-state index is 0.00416. The van der Waals surface area contributed by atoms with E-state index in [2.05, 4.69) is 17.8 Å². The van der Waals surface area contributed by atoms with Crippen molar-refractivity contribution in [2.75, 3.05) is 6.61 Å². The molecule has 1 atom stereocenters. The number of amides is 2. The minimum Gasteiger partial charge on any atom is -0.462 e. The summed E-state index contributed by atoms with van der Waals surface area (Å²) in [4.78, 5) is 38.6. The van der Waals surface area contributed by atoms with Gasteiger partial charge in [-0.2, -0.15) is 0 Å². The van der Waals surface area contributed by atoms with Crippen molar-refractivity contribution < 1.29 is 19.1 Å². The number of nitrogens with zero attached hydrogens (tertiary/aromatic N) is 1. The monoisotopic (exact) mass is 417 g/mol. The molecule has 2 aromatic rings. The number of nitrogens with one attached hydrogen (secondary N) is 2. The molecule has 7 nitrogen and oxygen atoms in total. The van der Waals surface area contributed by atoms with Crippen LogP contribution in [0.5, 0.6) is 0 Å². The Morgan fingerprint density at radius 3 is 2.72 bits per heavy atom. The Morgan fingerprint density at radius 1 is 1.24 bits per heavy atom. The van der Waals surface area contributed by atoms with Crippen LogP contribution in [0.3, 0.4) is 0 Å². The van der Waals surface area contributed by atoms with E-state index in [1.165, 1.54) is 21.8 Å². The summed E-state index contributed by atoms with van der Waals surface area (Å²) in [5.74, 6) is -0.444. The van der Waals surface area contributed by atoms with Crippen LogP contribution in [0.15, 0.2) is 12.1 Å². The molecular formula is C21H27N3O4S. The van der Waals surface area contributed by atoms with Gasteiger partial charge in [0, 0.05) is 16.3 Å². The van der Waals surface area contributed by atoms with Gasteiger partial charge >= 0.3 is 5.97 Å². The quantitative estimate of drug-likeness (QED) is 0.578. The lowest BCUT2D eigenvalue weighted by molar-refractivity contribution is -0.122. The van der Waals surface area contributed by atoms with Crippen LogP contribution in [0.1, 0.15) is 62.1 Å². The van der Waals surface area contributed by atoms with Crippen LogP contribution in [0.4, 0.5) is 0 Å². The van der Waals surface area contributed by atoms with E-state index in [1.54, 1.807) is 24.5 Å². The number of carbonyl (C=O) groups excluding carboxylic acids is 3. The fraction of sp³-hybridized carbons (Fsp3) is 0.476. The van der Waals surface area contributed by atoms with Crippen LogP contribution in [-0.4, -0.2) is 29.0 Å². The van der Waals surface area contributed by atoms with Crippen molar-refractivity contribution in [3.63, 3.8) is 0 Å². The Hall–Kier alpha value is -2.61. The van der Waals surface area contributed by atoms with E-state index >= 15 is 0 Å². The van der Waals surface area contributed by atoms with Gasteiger partial charge < -0.3 is 9.30 Å². The summed E-state index contributed by atoms with van der Waals surface area (Å²) in [7, 11) is 0. The minimum atomic E-state index is -0.406. The topological polar surface area (TPSA) is 89.4 Å². The third-order valence-electron chi connectivity index (χ3n) is 5.24. The van der Waals surface area contributed by atoms with Gasteiger partial charge in [-0.15, -0.1) is 11.3 Å². The highest BCUT2D eigenvalue weighted by Gasteiger charge is 2.21. The molecule has 2 N–H and O–H groups in total. The van der Waals surface area contributed by atoms with Gasteiger partial charge in [0.25, 0.3) is 11.8 Å². The second-order valence-electron chi connectivity index (χ2n) is 7.50. The van der Waals surface area contributed by atoms with Gasteiger partial charge in [-0.05, 0) is 63.6 Å². The molecule has 2 amide bonds. The highest BCUT2D eigenvalue weighted by molar-refractivity contribution is 7.14. The van der Waals surface area contributed by atoms with Crippen molar-refractivity contribution >= 4 is 29.1 Å². The highest BCUT2D eigenvalue weighted by atomic mass is 32.1. The summed E-state index contributed by atoms with van der Waals surface area (Å²) in [6.45, 7) is 7.84. The Bertz CT molecular complexity index is 944. The van der Waals surface area contributed by atoms with E-state index in [9.17, 15) is 14.4 Å². The van der Waals surface area contributed by atoms with Gasteiger partial charge in [0.15, 0.2) is 0 Å². The van der Waals surface area contributed by atoms with E-state index in [4.69, 9.17) is 4.74 Å². The van der Waals surface area contributed by atoms with Crippen molar-refractivity contribution in [2.24, 2.45) is 5.92 Å².